The van der Waals surface area contributed by atoms with Gasteiger partial charge in [-0.05, 0) is 37.2 Å². The van der Waals surface area contributed by atoms with E-state index in [9.17, 15) is 0 Å². The van der Waals surface area contributed by atoms with Crippen molar-refractivity contribution in [2.45, 2.75) is 58.4 Å². The number of hydrogen-bond donors (Lipinski definition) is 1. The van der Waals surface area contributed by atoms with Crippen LogP contribution in [0.3, 0.4) is 0 Å². The summed E-state index contributed by atoms with van der Waals surface area (Å²) in [5.74, 6) is 1.57. The summed E-state index contributed by atoms with van der Waals surface area (Å²) in [7, 11) is -1.88. The molecule has 1 rings (SSSR count). The van der Waals surface area contributed by atoms with Gasteiger partial charge >= 0.3 is 0 Å². The predicted molar refractivity (Wildman–Crippen MR) is 86.1 cm³/mol. The monoisotopic (exact) mass is 296 g/mol. The number of aliphatic hydroxyl groups excluding tert-OH is 1. The van der Waals surface area contributed by atoms with E-state index in [2.05, 4.69) is 33.9 Å². The summed E-state index contributed by atoms with van der Waals surface area (Å²) in [6, 6.07) is 7.80. The third-order valence-electron chi connectivity index (χ3n) is 3.88. The Labute approximate surface area is 124 Å². The molecule has 0 saturated carbocycles. The third-order valence-corrected chi connectivity index (χ3v) is 8.23. The zero-order valence-electron chi connectivity index (χ0n) is 13.6. The number of para-hydroxylation sites is 2. The Balaban J connectivity index is 2.91. The van der Waals surface area contributed by atoms with Crippen molar-refractivity contribution in [3.05, 3.63) is 24.3 Å². The maximum Gasteiger partial charge on any atom is 0.250 e. The van der Waals surface area contributed by atoms with E-state index in [1.165, 1.54) is 0 Å². The SMILES string of the molecule is CC(CCO)Oc1ccccc1O[Si](C)(C)C(C)(C)C. The lowest BCUT2D eigenvalue weighted by Gasteiger charge is -2.37. The van der Waals surface area contributed by atoms with E-state index in [-0.39, 0.29) is 17.7 Å². The quantitative estimate of drug-likeness (QED) is 0.799. The lowest BCUT2D eigenvalue weighted by atomic mass is 10.2. The van der Waals surface area contributed by atoms with Gasteiger partial charge in [0.25, 0.3) is 8.32 Å². The standard InChI is InChI=1S/C16H28O3Si/c1-13(11-12-17)18-14-9-7-8-10-15(14)19-20(5,6)16(2,3)4/h7-10,13,17H,11-12H2,1-6H3. The highest BCUT2D eigenvalue weighted by atomic mass is 28.4. The molecule has 0 aliphatic carbocycles. The van der Waals surface area contributed by atoms with Crippen LogP contribution in [-0.4, -0.2) is 26.1 Å². The van der Waals surface area contributed by atoms with Crippen molar-refractivity contribution in [1.82, 2.24) is 0 Å². The first-order chi connectivity index (χ1) is 9.17. The molecular formula is C16H28O3Si. The molecule has 0 saturated heterocycles. The topological polar surface area (TPSA) is 38.7 Å². The first-order valence-electron chi connectivity index (χ1n) is 7.23. The second-order valence-electron chi connectivity index (χ2n) is 6.75. The molecule has 1 N–H and O–H groups in total. The molecule has 1 aromatic carbocycles. The fourth-order valence-corrected chi connectivity index (χ4v) is 2.54. The molecular weight excluding hydrogens is 268 g/mol. The van der Waals surface area contributed by atoms with Crippen LogP contribution in [0.25, 0.3) is 0 Å². The molecule has 1 atom stereocenters. The summed E-state index contributed by atoms with van der Waals surface area (Å²) in [6.45, 7) is 13.2. The molecule has 1 unspecified atom stereocenters. The van der Waals surface area contributed by atoms with Crippen molar-refractivity contribution in [3.63, 3.8) is 0 Å². The maximum atomic E-state index is 8.97. The van der Waals surface area contributed by atoms with Gasteiger partial charge in [-0.3, -0.25) is 0 Å². The van der Waals surface area contributed by atoms with Gasteiger partial charge < -0.3 is 14.3 Å². The van der Waals surface area contributed by atoms with Crippen LogP contribution in [0.15, 0.2) is 24.3 Å². The zero-order chi connectivity index (χ0) is 15.4. The van der Waals surface area contributed by atoms with Crippen molar-refractivity contribution < 1.29 is 14.3 Å². The van der Waals surface area contributed by atoms with E-state index in [0.717, 1.165) is 11.5 Å². The molecule has 0 radical (unpaired) electrons. The van der Waals surface area contributed by atoms with Gasteiger partial charge in [-0.15, -0.1) is 0 Å². The van der Waals surface area contributed by atoms with Gasteiger partial charge in [0.1, 0.15) is 5.75 Å². The van der Waals surface area contributed by atoms with E-state index < -0.39 is 8.32 Å². The number of hydrogen-bond acceptors (Lipinski definition) is 3. The van der Waals surface area contributed by atoms with E-state index in [0.29, 0.717) is 6.42 Å². The number of aliphatic hydroxyl groups is 1. The first-order valence-corrected chi connectivity index (χ1v) is 10.1. The van der Waals surface area contributed by atoms with Gasteiger partial charge in [-0.2, -0.15) is 0 Å². The van der Waals surface area contributed by atoms with Crippen LogP contribution >= 0.6 is 0 Å². The largest absolute Gasteiger partial charge is 0.541 e. The zero-order valence-corrected chi connectivity index (χ0v) is 14.6. The first kappa shape index (κ1) is 17.0. The van der Waals surface area contributed by atoms with Gasteiger partial charge in [0.05, 0.1) is 6.10 Å². The molecule has 0 spiro atoms. The number of benzene rings is 1. The highest BCUT2D eigenvalue weighted by molar-refractivity contribution is 6.74. The van der Waals surface area contributed by atoms with Crippen LogP contribution < -0.4 is 9.16 Å². The van der Waals surface area contributed by atoms with Gasteiger partial charge in [0, 0.05) is 13.0 Å². The molecule has 20 heavy (non-hydrogen) atoms. The molecule has 0 aliphatic heterocycles. The van der Waals surface area contributed by atoms with E-state index in [1.807, 2.05) is 31.2 Å². The van der Waals surface area contributed by atoms with Crippen LogP contribution in [0.4, 0.5) is 0 Å². The normalized spacial score (nSPS) is 13.9. The summed E-state index contributed by atoms with van der Waals surface area (Å²) < 4.78 is 12.2. The van der Waals surface area contributed by atoms with Crippen LogP contribution in [0.2, 0.25) is 18.1 Å². The van der Waals surface area contributed by atoms with Crippen LogP contribution in [0.5, 0.6) is 11.5 Å². The van der Waals surface area contributed by atoms with Crippen LogP contribution in [-0.2, 0) is 0 Å². The molecule has 0 aliphatic rings. The molecule has 1 aromatic rings. The second kappa shape index (κ2) is 6.63. The molecule has 0 bridgehead atoms. The Kier molecular flexibility index (Phi) is 5.65. The lowest BCUT2D eigenvalue weighted by molar-refractivity contribution is 0.165. The van der Waals surface area contributed by atoms with E-state index in [1.54, 1.807) is 0 Å². The Morgan fingerprint density at radius 1 is 1.15 bits per heavy atom. The smallest absolute Gasteiger partial charge is 0.250 e. The molecule has 0 heterocycles. The van der Waals surface area contributed by atoms with Crippen LogP contribution in [0, 0.1) is 0 Å². The number of rotatable bonds is 6. The molecule has 3 nitrogen and oxygen atoms in total. The molecule has 4 heteroatoms. The summed E-state index contributed by atoms with van der Waals surface area (Å²) in [4.78, 5) is 0. The maximum absolute atomic E-state index is 8.97. The summed E-state index contributed by atoms with van der Waals surface area (Å²) in [5, 5.41) is 9.12. The van der Waals surface area contributed by atoms with Crippen molar-refractivity contribution >= 4 is 8.32 Å². The van der Waals surface area contributed by atoms with Crippen molar-refractivity contribution in [2.75, 3.05) is 6.61 Å². The average Bonchev–Trinajstić information content (AvgIpc) is 2.30. The van der Waals surface area contributed by atoms with Crippen molar-refractivity contribution in [1.29, 1.82) is 0 Å². The minimum Gasteiger partial charge on any atom is -0.541 e. The number of ether oxygens (including phenoxy) is 1. The highest BCUT2D eigenvalue weighted by Gasteiger charge is 2.39. The average molecular weight is 296 g/mol. The Morgan fingerprint density at radius 3 is 2.20 bits per heavy atom. The van der Waals surface area contributed by atoms with E-state index >= 15 is 0 Å². The summed E-state index contributed by atoms with van der Waals surface area (Å²) in [5.41, 5.74) is 0. The van der Waals surface area contributed by atoms with Gasteiger partial charge in [0.2, 0.25) is 0 Å². The Morgan fingerprint density at radius 2 is 1.70 bits per heavy atom. The highest BCUT2D eigenvalue weighted by Crippen LogP contribution is 2.40. The van der Waals surface area contributed by atoms with Crippen LogP contribution in [0.1, 0.15) is 34.1 Å². The fraction of sp³-hybridized carbons (Fsp3) is 0.625. The van der Waals surface area contributed by atoms with Crippen molar-refractivity contribution in [2.24, 2.45) is 0 Å². The third kappa shape index (κ3) is 4.53. The van der Waals surface area contributed by atoms with Gasteiger partial charge in [0.15, 0.2) is 5.75 Å². The molecule has 0 amide bonds. The van der Waals surface area contributed by atoms with Gasteiger partial charge in [-0.25, -0.2) is 0 Å². The summed E-state index contributed by atoms with van der Waals surface area (Å²) >= 11 is 0. The summed E-state index contributed by atoms with van der Waals surface area (Å²) in [6.07, 6.45) is 0.596. The second-order valence-corrected chi connectivity index (χ2v) is 11.5. The minimum atomic E-state index is -1.88. The Hall–Kier alpha value is -1.00. The van der Waals surface area contributed by atoms with E-state index in [4.69, 9.17) is 14.3 Å². The predicted octanol–water partition coefficient (Wildman–Crippen LogP) is 4.22. The Bertz CT molecular complexity index is 424. The molecule has 114 valence electrons. The minimum absolute atomic E-state index is 0.0239. The fourth-order valence-electron chi connectivity index (χ4n) is 1.52. The van der Waals surface area contributed by atoms with Crippen molar-refractivity contribution in [3.8, 4) is 11.5 Å². The van der Waals surface area contributed by atoms with Gasteiger partial charge in [-0.1, -0.05) is 32.9 Å². The molecule has 0 aromatic heterocycles. The molecule has 0 fully saturated rings. The lowest BCUT2D eigenvalue weighted by Crippen LogP contribution is -2.44.